The molecule has 0 saturated carbocycles. The highest BCUT2D eigenvalue weighted by Gasteiger charge is 2.60. The van der Waals surface area contributed by atoms with Crippen LogP contribution in [-0.2, 0) is 5.60 Å². The Morgan fingerprint density at radius 3 is 2.40 bits per heavy atom. The minimum absolute atomic E-state index is 0.215. The second kappa shape index (κ2) is 4.55. The van der Waals surface area contributed by atoms with Crippen molar-refractivity contribution < 1.29 is 10.2 Å². The SMILES string of the molecule is CN1CCC(C2(O)c3ccccc3C(O)C2(C)C)CC1. The fourth-order valence-electron chi connectivity index (χ4n) is 4.20. The van der Waals surface area contributed by atoms with E-state index in [1.54, 1.807) is 0 Å². The van der Waals surface area contributed by atoms with Crippen molar-refractivity contribution in [1.29, 1.82) is 0 Å². The normalized spacial score (nSPS) is 34.1. The molecule has 0 radical (unpaired) electrons. The van der Waals surface area contributed by atoms with Crippen LogP contribution in [0.3, 0.4) is 0 Å². The lowest BCUT2D eigenvalue weighted by molar-refractivity contribution is -0.158. The van der Waals surface area contributed by atoms with Gasteiger partial charge in [0.05, 0.1) is 6.10 Å². The fourth-order valence-corrected chi connectivity index (χ4v) is 4.20. The fraction of sp³-hybridized carbons (Fsp3) is 0.647. The molecule has 0 spiro atoms. The maximum atomic E-state index is 11.6. The van der Waals surface area contributed by atoms with Gasteiger partial charge in [-0.2, -0.15) is 0 Å². The average molecular weight is 275 g/mol. The number of hydrogen-bond donors (Lipinski definition) is 2. The van der Waals surface area contributed by atoms with Gasteiger partial charge < -0.3 is 15.1 Å². The van der Waals surface area contributed by atoms with Gasteiger partial charge in [0, 0.05) is 5.41 Å². The van der Waals surface area contributed by atoms with Gasteiger partial charge >= 0.3 is 0 Å². The molecule has 0 aromatic heterocycles. The van der Waals surface area contributed by atoms with Crippen LogP contribution in [0.2, 0.25) is 0 Å². The Hall–Kier alpha value is -0.900. The Morgan fingerprint density at radius 2 is 1.75 bits per heavy atom. The van der Waals surface area contributed by atoms with E-state index in [0.717, 1.165) is 37.1 Å². The highest BCUT2D eigenvalue weighted by molar-refractivity contribution is 5.43. The third-order valence-electron chi connectivity index (χ3n) is 5.64. The zero-order valence-corrected chi connectivity index (χ0v) is 12.6. The molecule has 2 aliphatic rings. The topological polar surface area (TPSA) is 43.7 Å². The summed E-state index contributed by atoms with van der Waals surface area (Å²) in [5.41, 5.74) is 0.368. The molecule has 0 bridgehead atoms. The van der Waals surface area contributed by atoms with Gasteiger partial charge in [-0.1, -0.05) is 38.1 Å². The highest BCUT2D eigenvalue weighted by atomic mass is 16.3. The minimum atomic E-state index is -0.926. The molecule has 1 aliphatic carbocycles. The smallest absolute Gasteiger partial charge is 0.101 e. The Bertz CT molecular complexity index is 505. The van der Waals surface area contributed by atoms with Gasteiger partial charge in [0.1, 0.15) is 5.60 Å². The maximum Gasteiger partial charge on any atom is 0.101 e. The number of benzene rings is 1. The molecule has 1 heterocycles. The predicted molar refractivity (Wildman–Crippen MR) is 79.3 cm³/mol. The summed E-state index contributed by atoms with van der Waals surface area (Å²) in [6.07, 6.45) is 1.37. The summed E-state index contributed by atoms with van der Waals surface area (Å²) in [6.45, 7) is 6.02. The summed E-state index contributed by atoms with van der Waals surface area (Å²) in [5, 5.41) is 22.2. The van der Waals surface area contributed by atoms with Crippen molar-refractivity contribution in [2.75, 3.05) is 20.1 Å². The predicted octanol–water partition coefficient (Wildman–Crippen LogP) is 2.29. The molecule has 2 atom stereocenters. The number of piperidine rings is 1. The van der Waals surface area contributed by atoms with E-state index < -0.39 is 17.1 Å². The number of rotatable bonds is 1. The van der Waals surface area contributed by atoms with Crippen LogP contribution in [0.5, 0.6) is 0 Å². The van der Waals surface area contributed by atoms with Crippen LogP contribution in [0.15, 0.2) is 24.3 Å². The summed E-state index contributed by atoms with van der Waals surface area (Å²) < 4.78 is 0. The van der Waals surface area contributed by atoms with Crippen molar-refractivity contribution in [2.45, 2.75) is 38.4 Å². The minimum Gasteiger partial charge on any atom is -0.388 e. The molecule has 1 aromatic carbocycles. The number of aliphatic hydroxyl groups excluding tert-OH is 1. The molecule has 3 rings (SSSR count). The van der Waals surface area contributed by atoms with E-state index in [1.807, 2.05) is 38.1 Å². The van der Waals surface area contributed by atoms with E-state index in [-0.39, 0.29) is 5.92 Å². The van der Waals surface area contributed by atoms with Crippen LogP contribution >= 0.6 is 0 Å². The second-order valence-corrected chi connectivity index (χ2v) is 7.06. The van der Waals surface area contributed by atoms with Crippen LogP contribution < -0.4 is 0 Å². The third-order valence-corrected chi connectivity index (χ3v) is 5.64. The number of aliphatic hydroxyl groups is 2. The van der Waals surface area contributed by atoms with Crippen LogP contribution in [0.4, 0.5) is 0 Å². The summed E-state index contributed by atoms with van der Waals surface area (Å²) in [5.74, 6) is 0.215. The molecule has 1 saturated heterocycles. The van der Waals surface area contributed by atoms with E-state index in [0.29, 0.717) is 0 Å². The number of hydrogen-bond acceptors (Lipinski definition) is 3. The van der Waals surface area contributed by atoms with Gasteiger partial charge in [0.15, 0.2) is 0 Å². The monoisotopic (exact) mass is 275 g/mol. The maximum absolute atomic E-state index is 11.6. The zero-order chi connectivity index (χ0) is 14.5. The van der Waals surface area contributed by atoms with Crippen LogP contribution in [0.25, 0.3) is 0 Å². The summed E-state index contributed by atoms with van der Waals surface area (Å²) in [4.78, 5) is 2.31. The molecule has 0 amide bonds. The largest absolute Gasteiger partial charge is 0.388 e. The van der Waals surface area contributed by atoms with Crippen molar-refractivity contribution in [2.24, 2.45) is 11.3 Å². The van der Waals surface area contributed by atoms with E-state index in [1.165, 1.54) is 0 Å². The third kappa shape index (κ3) is 1.70. The van der Waals surface area contributed by atoms with Gasteiger partial charge in [-0.05, 0) is 50.0 Å². The number of likely N-dealkylation sites (tertiary alicyclic amines) is 1. The first-order valence-corrected chi connectivity index (χ1v) is 7.57. The van der Waals surface area contributed by atoms with Crippen molar-refractivity contribution in [1.82, 2.24) is 4.90 Å². The number of nitrogens with zero attached hydrogens (tertiary/aromatic N) is 1. The van der Waals surface area contributed by atoms with Crippen LogP contribution in [0.1, 0.15) is 43.9 Å². The molecular formula is C17H25NO2. The van der Waals surface area contributed by atoms with E-state index in [4.69, 9.17) is 0 Å². The summed E-state index contributed by atoms with van der Waals surface area (Å²) in [6, 6.07) is 7.85. The van der Waals surface area contributed by atoms with Crippen molar-refractivity contribution >= 4 is 0 Å². The van der Waals surface area contributed by atoms with Crippen molar-refractivity contribution in [3.8, 4) is 0 Å². The molecular weight excluding hydrogens is 250 g/mol. The van der Waals surface area contributed by atoms with Gasteiger partial charge in [-0.3, -0.25) is 0 Å². The van der Waals surface area contributed by atoms with Crippen LogP contribution in [0, 0.1) is 11.3 Å². The molecule has 3 heteroatoms. The number of fused-ring (bicyclic) bond motifs is 1. The molecule has 110 valence electrons. The first kappa shape index (κ1) is 14.1. The highest BCUT2D eigenvalue weighted by Crippen LogP contribution is 2.60. The molecule has 1 fully saturated rings. The van der Waals surface area contributed by atoms with E-state index in [2.05, 4.69) is 11.9 Å². The lowest BCUT2D eigenvalue weighted by atomic mass is 9.65. The summed E-state index contributed by atoms with van der Waals surface area (Å²) in [7, 11) is 2.13. The van der Waals surface area contributed by atoms with Gasteiger partial charge in [0.2, 0.25) is 0 Å². The Balaban J connectivity index is 2.06. The quantitative estimate of drug-likeness (QED) is 0.826. The van der Waals surface area contributed by atoms with E-state index in [9.17, 15) is 10.2 Å². The summed E-state index contributed by atoms with van der Waals surface area (Å²) >= 11 is 0. The molecule has 1 aromatic rings. The lowest BCUT2D eigenvalue weighted by Gasteiger charge is -2.47. The molecule has 20 heavy (non-hydrogen) atoms. The first-order chi connectivity index (χ1) is 9.39. The Labute approximate surface area is 121 Å². The van der Waals surface area contributed by atoms with Gasteiger partial charge in [0.25, 0.3) is 0 Å². The molecule has 2 N–H and O–H groups in total. The average Bonchev–Trinajstić information content (AvgIpc) is 2.60. The van der Waals surface area contributed by atoms with Crippen molar-refractivity contribution in [3.05, 3.63) is 35.4 Å². The Morgan fingerprint density at radius 1 is 1.15 bits per heavy atom. The standard InChI is InChI=1S/C17H25NO2/c1-16(2)15(19)13-6-4-5-7-14(13)17(16,20)12-8-10-18(3)11-9-12/h4-7,12,15,19-20H,8-11H2,1-3H3. The molecule has 1 aliphatic heterocycles. The zero-order valence-electron chi connectivity index (χ0n) is 12.6. The van der Waals surface area contributed by atoms with Crippen molar-refractivity contribution in [3.63, 3.8) is 0 Å². The van der Waals surface area contributed by atoms with E-state index >= 15 is 0 Å². The lowest BCUT2D eigenvalue weighted by Crippen LogP contribution is -2.49. The second-order valence-electron chi connectivity index (χ2n) is 7.06. The molecule has 3 nitrogen and oxygen atoms in total. The van der Waals surface area contributed by atoms with Crippen LogP contribution in [-0.4, -0.2) is 35.3 Å². The Kier molecular flexibility index (Phi) is 3.20. The molecule has 2 unspecified atom stereocenters. The van der Waals surface area contributed by atoms with Gasteiger partial charge in [-0.25, -0.2) is 0 Å². The first-order valence-electron chi connectivity index (χ1n) is 7.57. The van der Waals surface area contributed by atoms with Gasteiger partial charge in [-0.15, -0.1) is 0 Å².